The first-order valence-corrected chi connectivity index (χ1v) is 7.96. The molecule has 2 aromatic rings. The van der Waals surface area contributed by atoms with Crippen LogP contribution < -0.4 is 4.72 Å². The fourth-order valence-electron chi connectivity index (χ4n) is 1.80. The van der Waals surface area contributed by atoms with Crippen LogP contribution in [0.1, 0.15) is 15.9 Å². The van der Waals surface area contributed by atoms with Crippen molar-refractivity contribution >= 4 is 16.0 Å². The van der Waals surface area contributed by atoms with E-state index in [4.69, 9.17) is 4.74 Å². The highest BCUT2D eigenvalue weighted by Gasteiger charge is 2.19. The van der Waals surface area contributed by atoms with Crippen LogP contribution in [0.4, 0.5) is 8.78 Å². The Labute approximate surface area is 132 Å². The van der Waals surface area contributed by atoms with E-state index in [2.05, 4.69) is 4.72 Å². The number of esters is 1. The summed E-state index contributed by atoms with van der Waals surface area (Å²) in [4.78, 5) is 11.7. The summed E-state index contributed by atoms with van der Waals surface area (Å²) in [5.74, 6) is -2.45. The molecule has 2 rings (SSSR count). The zero-order valence-corrected chi connectivity index (χ0v) is 12.9. The van der Waals surface area contributed by atoms with Gasteiger partial charge in [0, 0.05) is 0 Å². The monoisotopic (exact) mass is 341 g/mol. The molecule has 0 saturated carbocycles. The second-order valence-corrected chi connectivity index (χ2v) is 6.44. The van der Waals surface area contributed by atoms with Crippen molar-refractivity contribution in [2.75, 3.05) is 7.05 Å². The minimum Gasteiger partial charge on any atom is -0.457 e. The summed E-state index contributed by atoms with van der Waals surface area (Å²) < 4.78 is 57.1. The smallest absolute Gasteiger partial charge is 0.341 e. The Kier molecular flexibility index (Phi) is 5.07. The molecular formula is C15H13F2NO4S. The average Bonchev–Trinajstić information content (AvgIpc) is 2.53. The first kappa shape index (κ1) is 17.0. The second-order valence-electron chi connectivity index (χ2n) is 4.56. The lowest BCUT2D eigenvalue weighted by Gasteiger charge is -2.08. The summed E-state index contributed by atoms with van der Waals surface area (Å²) in [5.41, 5.74) is -0.129. The van der Waals surface area contributed by atoms with Gasteiger partial charge >= 0.3 is 5.97 Å². The third-order valence-electron chi connectivity index (χ3n) is 3.00. The van der Waals surface area contributed by atoms with Crippen LogP contribution in [0, 0.1) is 11.6 Å². The number of ether oxygens (including phenoxy) is 1. The van der Waals surface area contributed by atoms with Crippen molar-refractivity contribution in [1.29, 1.82) is 0 Å². The highest BCUT2D eigenvalue weighted by molar-refractivity contribution is 7.89. The van der Waals surface area contributed by atoms with E-state index < -0.39 is 33.2 Å². The molecule has 1 N–H and O–H groups in total. The molecule has 0 atom stereocenters. The SMILES string of the molecule is CNS(=O)(=O)c1ccc(F)c(C(=O)OCc2cccc(F)c2)c1. The number of hydrogen-bond acceptors (Lipinski definition) is 4. The maximum absolute atomic E-state index is 13.7. The lowest BCUT2D eigenvalue weighted by Crippen LogP contribution is -2.19. The highest BCUT2D eigenvalue weighted by Crippen LogP contribution is 2.17. The molecule has 0 aliphatic heterocycles. The van der Waals surface area contributed by atoms with E-state index in [0.717, 1.165) is 18.2 Å². The number of sulfonamides is 1. The highest BCUT2D eigenvalue weighted by atomic mass is 32.2. The number of benzene rings is 2. The maximum atomic E-state index is 13.7. The number of halogens is 2. The first-order valence-electron chi connectivity index (χ1n) is 6.48. The quantitative estimate of drug-likeness (QED) is 0.847. The van der Waals surface area contributed by atoms with Crippen LogP contribution in [-0.2, 0) is 21.4 Å². The standard InChI is InChI=1S/C15H13F2NO4S/c1-18-23(20,21)12-5-6-14(17)13(8-12)15(19)22-9-10-3-2-4-11(16)7-10/h2-8,18H,9H2,1H3. The fourth-order valence-corrected chi connectivity index (χ4v) is 2.56. The van der Waals surface area contributed by atoms with Crippen LogP contribution in [0.15, 0.2) is 47.4 Å². The molecule has 0 spiro atoms. The molecule has 0 aliphatic rings. The molecule has 0 fully saturated rings. The third kappa shape index (κ3) is 4.11. The van der Waals surface area contributed by atoms with E-state index in [1.54, 1.807) is 0 Å². The van der Waals surface area contributed by atoms with Crippen molar-refractivity contribution in [2.45, 2.75) is 11.5 Å². The summed E-state index contributed by atoms with van der Waals surface area (Å²) >= 11 is 0. The van der Waals surface area contributed by atoms with Crippen LogP contribution in [0.5, 0.6) is 0 Å². The van der Waals surface area contributed by atoms with Crippen LogP contribution >= 0.6 is 0 Å². The van der Waals surface area contributed by atoms with Gasteiger partial charge in [-0.2, -0.15) is 0 Å². The van der Waals surface area contributed by atoms with Crippen LogP contribution in [-0.4, -0.2) is 21.4 Å². The molecule has 2 aromatic carbocycles. The van der Waals surface area contributed by atoms with Crippen LogP contribution in [0.3, 0.4) is 0 Å². The Balaban J connectivity index is 2.20. The van der Waals surface area contributed by atoms with Gasteiger partial charge in [0.1, 0.15) is 18.2 Å². The minimum atomic E-state index is -3.82. The van der Waals surface area contributed by atoms with E-state index in [0.29, 0.717) is 5.56 Å². The van der Waals surface area contributed by atoms with Gasteiger partial charge < -0.3 is 4.74 Å². The minimum absolute atomic E-state index is 0.265. The molecule has 0 unspecified atom stereocenters. The molecule has 0 heterocycles. The maximum Gasteiger partial charge on any atom is 0.341 e. The molecule has 0 amide bonds. The predicted molar refractivity (Wildman–Crippen MR) is 78.2 cm³/mol. The second kappa shape index (κ2) is 6.84. The van der Waals surface area contributed by atoms with Crippen LogP contribution in [0.2, 0.25) is 0 Å². The molecular weight excluding hydrogens is 328 g/mol. The molecule has 122 valence electrons. The summed E-state index contributed by atoms with van der Waals surface area (Å²) in [6.07, 6.45) is 0. The number of carbonyl (C=O) groups is 1. The van der Waals surface area contributed by atoms with Gasteiger partial charge in [-0.1, -0.05) is 12.1 Å². The fraction of sp³-hybridized carbons (Fsp3) is 0.133. The molecule has 0 bridgehead atoms. The first-order chi connectivity index (χ1) is 10.8. The van der Waals surface area contributed by atoms with Gasteiger partial charge in [-0.3, -0.25) is 0 Å². The lowest BCUT2D eigenvalue weighted by molar-refractivity contribution is 0.0466. The van der Waals surface area contributed by atoms with Gasteiger partial charge in [0.15, 0.2) is 0 Å². The van der Waals surface area contributed by atoms with Gasteiger partial charge in [0.25, 0.3) is 0 Å². The zero-order chi connectivity index (χ0) is 17.0. The third-order valence-corrected chi connectivity index (χ3v) is 4.41. The lowest BCUT2D eigenvalue weighted by atomic mass is 10.2. The number of hydrogen-bond donors (Lipinski definition) is 1. The van der Waals surface area contributed by atoms with Crippen molar-refractivity contribution in [3.63, 3.8) is 0 Å². The van der Waals surface area contributed by atoms with E-state index >= 15 is 0 Å². The van der Waals surface area contributed by atoms with Crippen molar-refractivity contribution in [3.05, 3.63) is 65.2 Å². The average molecular weight is 341 g/mol. The van der Waals surface area contributed by atoms with E-state index in [1.165, 1.54) is 31.3 Å². The predicted octanol–water partition coefficient (Wildman–Crippen LogP) is 2.23. The molecule has 0 aromatic heterocycles. The van der Waals surface area contributed by atoms with E-state index in [9.17, 15) is 22.0 Å². The molecule has 8 heteroatoms. The van der Waals surface area contributed by atoms with Crippen molar-refractivity contribution in [3.8, 4) is 0 Å². The van der Waals surface area contributed by atoms with Gasteiger partial charge in [-0.05, 0) is 42.9 Å². The molecule has 0 radical (unpaired) electrons. The zero-order valence-electron chi connectivity index (χ0n) is 12.0. The Bertz CT molecular complexity index is 837. The normalized spacial score (nSPS) is 11.3. The van der Waals surface area contributed by atoms with Gasteiger partial charge in [0.2, 0.25) is 10.0 Å². The van der Waals surface area contributed by atoms with Crippen LogP contribution in [0.25, 0.3) is 0 Å². The molecule has 23 heavy (non-hydrogen) atoms. The Morgan fingerprint density at radius 2 is 1.91 bits per heavy atom. The Morgan fingerprint density at radius 3 is 2.57 bits per heavy atom. The molecule has 0 saturated heterocycles. The molecule has 5 nitrogen and oxygen atoms in total. The van der Waals surface area contributed by atoms with Gasteiger partial charge in [-0.15, -0.1) is 0 Å². The van der Waals surface area contributed by atoms with Crippen molar-refractivity contribution < 1.29 is 26.7 Å². The van der Waals surface area contributed by atoms with Gasteiger partial charge in [-0.25, -0.2) is 26.7 Å². The van der Waals surface area contributed by atoms with Crippen molar-refractivity contribution in [2.24, 2.45) is 0 Å². The number of carbonyl (C=O) groups excluding carboxylic acids is 1. The topological polar surface area (TPSA) is 72.5 Å². The number of rotatable bonds is 5. The van der Waals surface area contributed by atoms with Crippen molar-refractivity contribution in [1.82, 2.24) is 4.72 Å². The summed E-state index contributed by atoms with van der Waals surface area (Å²) in [7, 11) is -2.62. The summed E-state index contributed by atoms with van der Waals surface area (Å²) in [6.45, 7) is -0.265. The Morgan fingerprint density at radius 1 is 1.17 bits per heavy atom. The summed E-state index contributed by atoms with van der Waals surface area (Å²) in [5, 5.41) is 0. The summed E-state index contributed by atoms with van der Waals surface area (Å²) in [6, 6.07) is 8.17. The van der Waals surface area contributed by atoms with E-state index in [1.807, 2.05) is 0 Å². The van der Waals surface area contributed by atoms with E-state index in [-0.39, 0.29) is 11.5 Å². The Hall–Kier alpha value is -2.32. The molecule has 0 aliphatic carbocycles. The van der Waals surface area contributed by atoms with Gasteiger partial charge in [0.05, 0.1) is 10.5 Å². The largest absolute Gasteiger partial charge is 0.457 e. The number of nitrogens with one attached hydrogen (secondary N) is 1.